The molecule has 13 heavy (non-hydrogen) atoms. The van der Waals surface area contributed by atoms with E-state index in [1.165, 1.54) is 11.1 Å². The van der Waals surface area contributed by atoms with Crippen LogP contribution < -0.4 is 5.46 Å². The summed E-state index contributed by atoms with van der Waals surface area (Å²) < 4.78 is 10.3. The molecule has 70 valence electrons. The molecule has 1 aromatic carbocycles. The van der Waals surface area contributed by atoms with Crippen LogP contribution in [0.4, 0.5) is 0 Å². The summed E-state index contributed by atoms with van der Waals surface area (Å²) in [6.07, 6.45) is 0. The number of rotatable bonds is 3. The van der Waals surface area contributed by atoms with E-state index in [0.717, 1.165) is 5.46 Å². The average molecular weight is 178 g/mol. The molecule has 3 heteroatoms. The quantitative estimate of drug-likeness (QED) is 0.649. The normalized spacial score (nSPS) is 10.2. The topological polar surface area (TPSA) is 18.5 Å². The molecule has 0 N–H and O–H groups in total. The van der Waals surface area contributed by atoms with Crippen LogP contribution in [0, 0.1) is 13.8 Å². The molecule has 0 aliphatic heterocycles. The Kier molecular flexibility index (Phi) is 3.52. The summed E-state index contributed by atoms with van der Waals surface area (Å²) >= 11 is 0. The van der Waals surface area contributed by atoms with Crippen molar-refractivity contribution in [2.24, 2.45) is 0 Å². The van der Waals surface area contributed by atoms with Crippen molar-refractivity contribution < 1.29 is 9.31 Å². The molecule has 0 fully saturated rings. The Bertz CT molecular complexity index is 262. The molecule has 0 aliphatic rings. The van der Waals surface area contributed by atoms with E-state index in [0.29, 0.717) is 0 Å². The number of benzene rings is 1. The standard InChI is InChI=1S/C10H15BO2/c1-8-5-9(2)7-10(6-8)11(12-3)13-4/h5-7H,1-4H3. The van der Waals surface area contributed by atoms with Gasteiger partial charge in [0.25, 0.3) is 0 Å². The van der Waals surface area contributed by atoms with Crippen LogP contribution >= 0.6 is 0 Å². The second-order valence-electron chi connectivity index (χ2n) is 3.22. The third kappa shape index (κ3) is 2.57. The first-order valence-electron chi connectivity index (χ1n) is 4.31. The van der Waals surface area contributed by atoms with Crippen molar-refractivity contribution in [2.45, 2.75) is 13.8 Å². The van der Waals surface area contributed by atoms with Gasteiger partial charge in [-0.2, -0.15) is 0 Å². The molecule has 0 aromatic heterocycles. The average Bonchev–Trinajstić information content (AvgIpc) is 2.04. The summed E-state index contributed by atoms with van der Waals surface area (Å²) in [5, 5.41) is 0. The Morgan fingerprint density at radius 3 is 1.77 bits per heavy atom. The molecule has 0 heterocycles. The highest BCUT2D eigenvalue weighted by Gasteiger charge is 2.17. The Morgan fingerprint density at radius 1 is 0.923 bits per heavy atom. The number of aryl methyl sites for hydroxylation is 2. The molecular formula is C10H15BO2. The van der Waals surface area contributed by atoms with E-state index in [1.54, 1.807) is 14.2 Å². The van der Waals surface area contributed by atoms with E-state index >= 15 is 0 Å². The molecule has 0 bridgehead atoms. The van der Waals surface area contributed by atoms with Crippen molar-refractivity contribution in [1.82, 2.24) is 0 Å². The van der Waals surface area contributed by atoms with Crippen molar-refractivity contribution in [3.63, 3.8) is 0 Å². The fourth-order valence-electron chi connectivity index (χ4n) is 1.51. The highest BCUT2D eigenvalue weighted by Crippen LogP contribution is 2.01. The van der Waals surface area contributed by atoms with Crippen molar-refractivity contribution >= 4 is 12.6 Å². The maximum atomic E-state index is 5.17. The fourth-order valence-corrected chi connectivity index (χ4v) is 1.51. The van der Waals surface area contributed by atoms with Crippen molar-refractivity contribution in [2.75, 3.05) is 14.2 Å². The largest absolute Gasteiger partial charge is 0.493 e. The first-order chi connectivity index (χ1) is 6.17. The zero-order valence-electron chi connectivity index (χ0n) is 8.63. The predicted molar refractivity (Wildman–Crippen MR) is 55.3 cm³/mol. The Morgan fingerprint density at radius 2 is 1.38 bits per heavy atom. The zero-order chi connectivity index (χ0) is 9.84. The number of hydrogen-bond donors (Lipinski definition) is 0. The van der Waals surface area contributed by atoms with Crippen LogP contribution in [-0.2, 0) is 9.31 Å². The van der Waals surface area contributed by atoms with Crippen LogP contribution in [0.2, 0.25) is 0 Å². The minimum atomic E-state index is -0.251. The number of hydrogen-bond acceptors (Lipinski definition) is 2. The molecule has 0 atom stereocenters. The van der Waals surface area contributed by atoms with Gasteiger partial charge < -0.3 is 9.31 Å². The third-order valence-electron chi connectivity index (χ3n) is 1.94. The first kappa shape index (κ1) is 10.3. The first-order valence-corrected chi connectivity index (χ1v) is 4.31. The van der Waals surface area contributed by atoms with Crippen LogP contribution in [0.15, 0.2) is 18.2 Å². The monoisotopic (exact) mass is 178 g/mol. The summed E-state index contributed by atoms with van der Waals surface area (Å²) in [5.74, 6) is 0. The van der Waals surface area contributed by atoms with Gasteiger partial charge in [-0.15, -0.1) is 0 Å². The van der Waals surface area contributed by atoms with Crippen molar-refractivity contribution in [1.29, 1.82) is 0 Å². The van der Waals surface area contributed by atoms with E-state index in [1.807, 2.05) is 0 Å². The van der Waals surface area contributed by atoms with E-state index < -0.39 is 0 Å². The molecular weight excluding hydrogens is 163 g/mol. The van der Waals surface area contributed by atoms with Gasteiger partial charge in [0, 0.05) is 14.2 Å². The van der Waals surface area contributed by atoms with E-state index in [-0.39, 0.29) is 7.12 Å². The molecule has 0 saturated heterocycles. The highest BCUT2D eigenvalue weighted by molar-refractivity contribution is 6.61. The zero-order valence-corrected chi connectivity index (χ0v) is 8.63. The van der Waals surface area contributed by atoms with Crippen LogP contribution in [0.5, 0.6) is 0 Å². The van der Waals surface area contributed by atoms with Gasteiger partial charge in [-0.1, -0.05) is 29.3 Å². The molecule has 2 nitrogen and oxygen atoms in total. The summed E-state index contributed by atoms with van der Waals surface area (Å²) in [6, 6.07) is 6.28. The van der Waals surface area contributed by atoms with Crippen LogP contribution in [0.3, 0.4) is 0 Å². The van der Waals surface area contributed by atoms with Gasteiger partial charge in [-0.05, 0) is 19.3 Å². The van der Waals surface area contributed by atoms with E-state index in [4.69, 9.17) is 9.31 Å². The lowest BCUT2D eigenvalue weighted by molar-refractivity contribution is 0.292. The lowest BCUT2D eigenvalue weighted by atomic mass is 9.77. The second kappa shape index (κ2) is 4.44. The minimum absolute atomic E-state index is 0.251. The molecule has 0 saturated carbocycles. The maximum Gasteiger partial charge on any atom is 0.493 e. The van der Waals surface area contributed by atoms with Gasteiger partial charge in [0.2, 0.25) is 0 Å². The summed E-state index contributed by atoms with van der Waals surface area (Å²) in [6.45, 7) is 4.14. The Balaban J connectivity index is 2.99. The van der Waals surface area contributed by atoms with Crippen LogP contribution in [-0.4, -0.2) is 21.3 Å². The summed E-state index contributed by atoms with van der Waals surface area (Å²) in [4.78, 5) is 0. The molecule has 0 aliphatic carbocycles. The van der Waals surface area contributed by atoms with Gasteiger partial charge in [-0.3, -0.25) is 0 Å². The lowest BCUT2D eigenvalue weighted by Gasteiger charge is -2.10. The van der Waals surface area contributed by atoms with Gasteiger partial charge >= 0.3 is 7.12 Å². The fraction of sp³-hybridized carbons (Fsp3) is 0.400. The Hall–Kier alpha value is -0.795. The smallest absolute Gasteiger partial charge is 0.410 e. The lowest BCUT2D eigenvalue weighted by Crippen LogP contribution is -2.35. The van der Waals surface area contributed by atoms with Gasteiger partial charge in [0.15, 0.2) is 0 Å². The molecule has 0 radical (unpaired) electrons. The molecule has 0 unspecified atom stereocenters. The highest BCUT2D eigenvalue weighted by atomic mass is 16.6. The SMILES string of the molecule is COB(OC)c1cc(C)cc(C)c1. The van der Waals surface area contributed by atoms with Crippen molar-refractivity contribution in [3.8, 4) is 0 Å². The van der Waals surface area contributed by atoms with Crippen LogP contribution in [0.1, 0.15) is 11.1 Å². The van der Waals surface area contributed by atoms with Gasteiger partial charge in [-0.25, -0.2) is 0 Å². The van der Waals surface area contributed by atoms with Gasteiger partial charge in [0.05, 0.1) is 0 Å². The molecule has 0 spiro atoms. The minimum Gasteiger partial charge on any atom is -0.410 e. The molecule has 1 rings (SSSR count). The molecule has 0 amide bonds. The summed E-state index contributed by atoms with van der Waals surface area (Å²) in [7, 11) is 3.04. The van der Waals surface area contributed by atoms with Gasteiger partial charge in [0.1, 0.15) is 0 Å². The summed E-state index contributed by atoms with van der Waals surface area (Å²) in [5.41, 5.74) is 3.53. The Labute approximate surface area is 80.0 Å². The maximum absolute atomic E-state index is 5.17. The third-order valence-corrected chi connectivity index (χ3v) is 1.94. The van der Waals surface area contributed by atoms with E-state index in [9.17, 15) is 0 Å². The predicted octanol–water partition coefficient (Wildman–Crippen LogP) is 1.29. The van der Waals surface area contributed by atoms with E-state index in [2.05, 4.69) is 32.0 Å². The second-order valence-corrected chi connectivity index (χ2v) is 3.22. The molecule has 1 aromatic rings. The van der Waals surface area contributed by atoms with Crippen LogP contribution in [0.25, 0.3) is 0 Å². The van der Waals surface area contributed by atoms with Crippen molar-refractivity contribution in [3.05, 3.63) is 29.3 Å².